The van der Waals surface area contributed by atoms with E-state index < -0.39 is 0 Å². The van der Waals surface area contributed by atoms with Gasteiger partial charge in [-0.05, 0) is 39.7 Å². The minimum atomic E-state index is -0.336. The monoisotopic (exact) mass is 390 g/mol. The predicted octanol–water partition coefficient (Wildman–Crippen LogP) is 3.77. The van der Waals surface area contributed by atoms with Crippen molar-refractivity contribution in [1.82, 2.24) is 10.3 Å². The van der Waals surface area contributed by atoms with Gasteiger partial charge < -0.3 is 9.72 Å². The highest BCUT2D eigenvalue weighted by Crippen LogP contribution is 2.38. The molecule has 4 rings (SSSR count). The third-order valence-electron chi connectivity index (χ3n) is 4.28. The molecule has 1 aromatic carbocycles. The number of H-pyrrole nitrogens is 1. The molecule has 3 aromatic rings. The molecule has 0 radical (unpaired) electrons. The van der Waals surface area contributed by atoms with E-state index in [0.29, 0.717) is 6.42 Å². The molecule has 4 nitrogen and oxygen atoms in total. The molecule has 0 aliphatic carbocycles. The van der Waals surface area contributed by atoms with Gasteiger partial charge in [0.25, 0.3) is 0 Å². The van der Waals surface area contributed by atoms with Crippen LogP contribution >= 0.6 is 27.3 Å². The smallest absolute Gasteiger partial charge is 0.323 e. The molecule has 0 saturated carbocycles. The van der Waals surface area contributed by atoms with Gasteiger partial charge in [-0.2, -0.15) is 0 Å². The molecule has 23 heavy (non-hydrogen) atoms. The third kappa shape index (κ3) is 2.51. The summed E-state index contributed by atoms with van der Waals surface area (Å²) in [6.07, 6.45) is 0.634. The second-order valence-electron chi connectivity index (χ2n) is 5.58. The van der Waals surface area contributed by atoms with Crippen LogP contribution in [0.15, 0.2) is 40.2 Å². The highest BCUT2D eigenvalue weighted by Gasteiger charge is 2.34. The molecule has 0 amide bonds. The molecule has 2 atom stereocenters. The average Bonchev–Trinajstić information content (AvgIpc) is 3.16. The number of carbonyl (C=O) groups is 1. The molecular weight excluding hydrogens is 376 g/mol. The van der Waals surface area contributed by atoms with E-state index in [1.165, 1.54) is 22.9 Å². The van der Waals surface area contributed by atoms with Crippen molar-refractivity contribution in [1.29, 1.82) is 0 Å². The maximum Gasteiger partial charge on any atom is 0.323 e. The molecular formula is C17H15BrN2O2S. The van der Waals surface area contributed by atoms with Crippen LogP contribution in [0.5, 0.6) is 0 Å². The van der Waals surface area contributed by atoms with Crippen LogP contribution < -0.4 is 5.32 Å². The Morgan fingerprint density at radius 3 is 2.87 bits per heavy atom. The number of carbonyl (C=O) groups excluding carboxylic acids is 1. The summed E-state index contributed by atoms with van der Waals surface area (Å²) >= 11 is 5.19. The second kappa shape index (κ2) is 5.78. The van der Waals surface area contributed by atoms with E-state index in [1.54, 1.807) is 11.3 Å². The Hall–Kier alpha value is -1.63. The minimum absolute atomic E-state index is 0.0356. The summed E-state index contributed by atoms with van der Waals surface area (Å²) in [5.74, 6) is -0.221. The molecule has 2 aromatic heterocycles. The molecule has 118 valence electrons. The molecule has 0 bridgehead atoms. The first-order valence-electron chi connectivity index (χ1n) is 7.36. The number of nitrogens with one attached hydrogen (secondary N) is 2. The van der Waals surface area contributed by atoms with Gasteiger partial charge >= 0.3 is 5.97 Å². The molecule has 0 saturated heterocycles. The van der Waals surface area contributed by atoms with Crippen LogP contribution in [0.2, 0.25) is 0 Å². The van der Waals surface area contributed by atoms with Crippen LogP contribution in [0.1, 0.15) is 22.2 Å². The van der Waals surface area contributed by atoms with Crippen molar-refractivity contribution in [3.05, 3.63) is 56.3 Å². The number of thiophene rings is 1. The summed E-state index contributed by atoms with van der Waals surface area (Å²) in [6.45, 7) is 0. The van der Waals surface area contributed by atoms with E-state index in [9.17, 15) is 4.79 Å². The van der Waals surface area contributed by atoms with Crippen LogP contribution in [0.4, 0.5) is 0 Å². The fraction of sp³-hybridized carbons (Fsp3) is 0.235. The number of hydrogen-bond donors (Lipinski definition) is 2. The normalized spacial score (nSPS) is 20.4. The van der Waals surface area contributed by atoms with Crippen LogP contribution in [0, 0.1) is 0 Å². The van der Waals surface area contributed by atoms with Gasteiger partial charge in [-0.1, -0.05) is 18.2 Å². The molecule has 0 spiro atoms. The Morgan fingerprint density at radius 2 is 2.13 bits per heavy atom. The van der Waals surface area contributed by atoms with E-state index in [1.807, 2.05) is 18.2 Å². The molecule has 6 heteroatoms. The number of hydrogen-bond acceptors (Lipinski definition) is 4. The zero-order chi connectivity index (χ0) is 16.0. The van der Waals surface area contributed by atoms with Crippen LogP contribution in [-0.2, 0) is 16.0 Å². The number of ether oxygens (including phenoxy) is 1. The summed E-state index contributed by atoms with van der Waals surface area (Å²) < 4.78 is 6.04. The van der Waals surface area contributed by atoms with Crippen molar-refractivity contribution >= 4 is 44.1 Å². The lowest BCUT2D eigenvalue weighted by Crippen LogP contribution is -2.45. The minimum Gasteiger partial charge on any atom is -0.468 e. The average molecular weight is 391 g/mol. The van der Waals surface area contributed by atoms with Crippen molar-refractivity contribution in [3.63, 3.8) is 0 Å². The molecule has 3 heterocycles. The SMILES string of the molecule is COC(=O)C1Cc2c([nH]c3ccccc23)C(c2ccc(Br)s2)N1. The number of halogens is 1. The zero-order valence-electron chi connectivity index (χ0n) is 12.4. The lowest BCUT2D eigenvalue weighted by molar-refractivity contribution is -0.143. The van der Waals surface area contributed by atoms with E-state index in [-0.39, 0.29) is 18.1 Å². The van der Waals surface area contributed by atoms with Crippen molar-refractivity contribution in [2.24, 2.45) is 0 Å². The Balaban J connectivity index is 1.87. The molecule has 1 aliphatic heterocycles. The first-order valence-corrected chi connectivity index (χ1v) is 8.97. The Kier molecular flexibility index (Phi) is 3.75. The van der Waals surface area contributed by atoms with Gasteiger partial charge in [-0.15, -0.1) is 11.3 Å². The fourth-order valence-electron chi connectivity index (χ4n) is 3.24. The van der Waals surface area contributed by atoms with Gasteiger partial charge in [-0.25, -0.2) is 0 Å². The first kappa shape index (κ1) is 14.9. The molecule has 0 fully saturated rings. The third-order valence-corrected chi connectivity index (χ3v) is 5.96. The maximum absolute atomic E-state index is 12.1. The summed E-state index contributed by atoms with van der Waals surface area (Å²) in [5, 5.41) is 4.61. The molecule has 2 unspecified atom stereocenters. The van der Waals surface area contributed by atoms with Crippen LogP contribution in [-0.4, -0.2) is 24.1 Å². The van der Waals surface area contributed by atoms with Crippen molar-refractivity contribution in [3.8, 4) is 0 Å². The number of aromatic amines is 1. The lowest BCUT2D eigenvalue weighted by atomic mass is 9.93. The van der Waals surface area contributed by atoms with E-state index in [4.69, 9.17) is 4.74 Å². The van der Waals surface area contributed by atoms with E-state index in [0.717, 1.165) is 15.0 Å². The first-order chi connectivity index (χ1) is 11.2. The lowest BCUT2D eigenvalue weighted by Gasteiger charge is -2.29. The summed E-state index contributed by atoms with van der Waals surface area (Å²) in [7, 11) is 1.44. The Labute approximate surface area is 146 Å². The van der Waals surface area contributed by atoms with Crippen LogP contribution in [0.25, 0.3) is 10.9 Å². The van der Waals surface area contributed by atoms with Crippen LogP contribution in [0.3, 0.4) is 0 Å². The Bertz CT molecular complexity index is 886. The summed E-state index contributed by atoms with van der Waals surface area (Å²) in [5.41, 5.74) is 3.44. The van der Waals surface area contributed by atoms with Gasteiger partial charge in [0, 0.05) is 27.9 Å². The number of rotatable bonds is 2. The number of aromatic nitrogens is 1. The maximum atomic E-state index is 12.1. The Morgan fingerprint density at radius 1 is 1.30 bits per heavy atom. The van der Waals surface area contributed by atoms with Crippen molar-refractivity contribution < 1.29 is 9.53 Å². The number of para-hydroxylation sites is 1. The number of fused-ring (bicyclic) bond motifs is 3. The van der Waals surface area contributed by atoms with Gasteiger partial charge in [0.05, 0.1) is 16.9 Å². The van der Waals surface area contributed by atoms with Crippen molar-refractivity contribution in [2.45, 2.75) is 18.5 Å². The molecule has 2 N–H and O–H groups in total. The van der Waals surface area contributed by atoms with Gasteiger partial charge in [0.1, 0.15) is 6.04 Å². The second-order valence-corrected chi connectivity index (χ2v) is 8.08. The highest BCUT2D eigenvalue weighted by atomic mass is 79.9. The topological polar surface area (TPSA) is 54.1 Å². The standard InChI is InChI=1S/C17H15BrN2O2S/c1-22-17(21)12-8-10-9-4-2-3-5-11(9)19-15(10)16(20-12)13-6-7-14(18)23-13/h2-7,12,16,19-20H,8H2,1H3. The predicted molar refractivity (Wildman–Crippen MR) is 94.8 cm³/mol. The van der Waals surface area contributed by atoms with E-state index >= 15 is 0 Å². The summed E-state index contributed by atoms with van der Waals surface area (Å²) in [6, 6.07) is 12.0. The quantitative estimate of drug-likeness (QED) is 0.654. The number of benzene rings is 1. The zero-order valence-corrected chi connectivity index (χ0v) is 14.8. The number of esters is 1. The molecule has 1 aliphatic rings. The van der Waals surface area contributed by atoms with Gasteiger partial charge in [0.15, 0.2) is 0 Å². The number of methoxy groups -OCH3 is 1. The summed E-state index contributed by atoms with van der Waals surface area (Å²) in [4.78, 5) is 16.8. The highest BCUT2D eigenvalue weighted by molar-refractivity contribution is 9.11. The van der Waals surface area contributed by atoms with Crippen molar-refractivity contribution in [2.75, 3.05) is 7.11 Å². The van der Waals surface area contributed by atoms with Gasteiger partial charge in [0.2, 0.25) is 0 Å². The largest absolute Gasteiger partial charge is 0.468 e. The fourth-order valence-corrected chi connectivity index (χ4v) is 4.73. The van der Waals surface area contributed by atoms with Gasteiger partial charge in [-0.3, -0.25) is 10.1 Å². The van der Waals surface area contributed by atoms with E-state index in [2.05, 4.69) is 44.4 Å².